The molecule has 0 spiro atoms. The lowest BCUT2D eigenvalue weighted by Gasteiger charge is -2.40. The van der Waals surface area contributed by atoms with E-state index in [-0.39, 0.29) is 17.2 Å². The number of rotatable bonds is 0. The van der Waals surface area contributed by atoms with Crippen LogP contribution in [0.4, 0.5) is 0 Å². The van der Waals surface area contributed by atoms with Crippen LogP contribution in [0.5, 0.6) is 0 Å². The van der Waals surface area contributed by atoms with Crippen molar-refractivity contribution >= 4 is 11.8 Å². The highest BCUT2D eigenvalue weighted by Gasteiger charge is 2.43. The first-order valence-corrected chi connectivity index (χ1v) is 4.77. The van der Waals surface area contributed by atoms with Crippen LogP contribution in [0.25, 0.3) is 0 Å². The molecule has 2 N–H and O–H groups in total. The van der Waals surface area contributed by atoms with E-state index < -0.39 is 11.6 Å². The average Bonchev–Trinajstić information content (AvgIpc) is 1.93. The van der Waals surface area contributed by atoms with Crippen LogP contribution >= 0.6 is 0 Å². The molecule has 1 aliphatic heterocycles. The Morgan fingerprint density at radius 3 is 2.14 bits per heavy atom. The molecule has 1 fully saturated rings. The Bertz CT molecular complexity index is 276. The first-order chi connectivity index (χ1) is 6.14. The van der Waals surface area contributed by atoms with E-state index in [1.54, 1.807) is 13.8 Å². The molecule has 4 nitrogen and oxygen atoms in total. The zero-order chi connectivity index (χ0) is 11.1. The average molecular weight is 198 g/mol. The Hall–Kier alpha value is -1.06. The number of carbonyl (C=O) groups excluding carboxylic acids is 2. The summed E-state index contributed by atoms with van der Waals surface area (Å²) < 4.78 is 0. The third-order valence-electron chi connectivity index (χ3n) is 2.41. The molecule has 0 bridgehead atoms. The highest BCUT2D eigenvalue weighted by molar-refractivity contribution is 5.99. The van der Waals surface area contributed by atoms with Gasteiger partial charge in [0.1, 0.15) is 11.6 Å². The third kappa shape index (κ3) is 1.89. The minimum Gasteiger partial charge on any atom is -0.342 e. The van der Waals surface area contributed by atoms with Crippen molar-refractivity contribution in [3.05, 3.63) is 0 Å². The molecule has 1 saturated heterocycles. The molecule has 14 heavy (non-hydrogen) atoms. The summed E-state index contributed by atoms with van der Waals surface area (Å²) in [6.07, 6.45) is 0. The Labute approximate surface area is 84.4 Å². The molecule has 1 unspecified atom stereocenters. The van der Waals surface area contributed by atoms with Crippen molar-refractivity contribution in [2.45, 2.75) is 46.2 Å². The summed E-state index contributed by atoms with van der Waals surface area (Å²) in [4.78, 5) is 23.3. The maximum absolute atomic E-state index is 11.7. The fourth-order valence-electron chi connectivity index (χ4n) is 1.42. The second-order valence-electron chi connectivity index (χ2n) is 5.39. The minimum absolute atomic E-state index is 0.109. The molecule has 0 saturated carbocycles. The van der Waals surface area contributed by atoms with Crippen molar-refractivity contribution in [2.24, 2.45) is 5.41 Å². The van der Waals surface area contributed by atoms with E-state index >= 15 is 0 Å². The standard InChI is InChI=1S/C10H18N2O2/c1-9(2,3)6-7(13)12-10(4,5)8(14)11-6/h6H,1-5H3,(H,11,14)(H,12,13). The molecule has 1 atom stereocenters. The molecule has 0 aromatic carbocycles. The van der Waals surface area contributed by atoms with Gasteiger partial charge in [0.25, 0.3) is 0 Å². The van der Waals surface area contributed by atoms with Gasteiger partial charge in [-0.3, -0.25) is 9.59 Å². The fraction of sp³-hybridized carbons (Fsp3) is 0.800. The topological polar surface area (TPSA) is 58.2 Å². The maximum atomic E-state index is 11.7. The van der Waals surface area contributed by atoms with Gasteiger partial charge in [-0.15, -0.1) is 0 Å². The molecule has 1 rings (SSSR count). The normalized spacial score (nSPS) is 26.8. The summed E-state index contributed by atoms with van der Waals surface area (Å²) in [5.74, 6) is -0.237. The van der Waals surface area contributed by atoms with E-state index in [2.05, 4.69) is 10.6 Å². The van der Waals surface area contributed by atoms with Crippen LogP contribution in [0.1, 0.15) is 34.6 Å². The van der Waals surface area contributed by atoms with Gasteiger partial charge < -0.3 is 10.6 Å². The predicted molar refractivity (Wildman–Crippen MR) is 53.6 cm³/mol. The Kier molecular flexibility index (Phi) is 2.34. The molecular weight excluding hydrogens is 180 g/mol. The summed E-state index contributed by atoms with van der Waals surface area (Å²) in [5.41, 5.74) is -1.05. The van der Waals surface area contributed by atoms with Crippen LogP contribution < -0.4 is 10.6 Å². The molecule has 4 heteroatoms. The molecule has 1 heterocycles. The van der Waals surface area contributed by atoms with E-state index in [9.17, 15) is 9.59 Å². The van der Waals surface area contributed by atoms with Gasteiger partial charge >= 0.3 is 0 Å². The predicted octanol–water partition coefficient (Wildman–Crippen LogP) is 0.426. The third-order valence-corrected chi connectivity index (χ3v) is 2.41. The smallest absolute Gasteiger partial charge is 0.245 e. The number of nitrogens with one attached hydrogen (secondary N) is 2. The van der Waals surface area contributed by atoms with Gasteiger partial charge in [-0.2, -0.15) is 0 Å². The van der Waals surface area contributed by atoms with Gasteiger partial charge in [-0.1, -0.05) is 20.8 Å². The van der Waals surface area contributed by atoms with E-state index in [4.69, 9.17) is 0 Å². The van der Waals surface area contributed by atoms with Gasteiger partial charge in [0.15, 0.2) is 0 Å². The highest BCUT2D eigenvalue weighted by atomic mass is 16.2. The summed E-state index contributed by atoms with van der Waals surface area (Å²) in [5, 5.41) is 5.46. The maximum Gasteiger partial charge on any atom is 0.245 e. The van der Waals surface area contributed by atoms with Crippen molar-refractivity contribution in [3.8, 4) is 0 Å². The van der Waals surface area contributed by atoms with Crippen LogP contribution in [0.3, 0.4) is 0 Å². The number of hydrogen-bond donors (Lipinski definition) is 2. The zero-order valence-electron chi connectivity index (χ0n) is 9.39. The zero-order valence-corrected chi connectivity index (χ0v) is 9.39. The molecule has 1 aliphatic rings. The summed E-state index contributed by atoms with van der Waals surface area (Å²) in [6.45, 7) is 9.17. The molecule has 0 aliphatic carbocycles. The number of amides is 2. The van der Waals surface area contributed by atoms with E-state index in [1.807, 2.05) is 20.8 Å². The first kappa shape index (κ1) is 11.0. The van der Waals surface area contributed by atoms with Crippen LogP contribution in [0.15, 0.2) is 0 Å². The summed E-state index contributed by atoms with van der Waals surface area (Å²) in [7, 11) is 0. The van der Waals surface area contributed by atoms with Gasteiger partial charge in [-0.25, -0.2) is 0 Å². The Morgan fingerprint density at radius 2 is 1.71 bits per heavy atom. The van der Waals surface area contributed by atoms with Crippen molar-refractivity contribution in [1.82, 2.24) is 10.6 Å². The quantitative estimate of drug-likeness (QED) is 0.593. The highest BCUT2D eigenvalue weighted by Crippen LogP contribution is 2.23. The molecule has 0 radical (unpaired) electrons. The molecule has 80 valence electrons. The van der Waals surface area contributed by atoms with Crippen molar-refractivity contribution in [1.29, 1.82) is 0 Å². The van der Waals surface area contributed by atoms with E-state index in [1.165, 1.54) is 0 Å². The van der Waals surface area contributed by atoms with Crippen LogP contribution in [0, 0.1) is 5.41 Å². The van der Waals surface area contributed by atoms with Gasteiger partial charge in [0, 0.05) is 0 Å². The number of hydrogen-bond acceptors (Lipinski definition) is 2. The monoisotopic (exact) mass is 198 g/mol. The molecule has 0 aromatic rings. The van der Waals surface area contributed by atoms with Crippen LogP contribution in [-0.2, 0) is 9.59 Å². The Morgan fingerprint density at radius 1 is 1.21 bits per heavy atom. The first-order valence-electron chi connectivity index (χ1n) is 4.77. The van der Waals surface area contributed by atoms with Gasteiger partial charge in [0.2, 0.25) is 11.8 Å². The van der Waals surface area contributed by atoms with Crippen LogP contribution in [0.2, 0.25) is 0 Å². The van der Waals surface area contributed by atoms with Gasteiger partial charge in [0.05, 0.1) is 0 Å². The second-order valence-corrected chi connectivity index (χ2v) is 5.39. The van der Waals surface area contributed by atoms with Crippen molar-refractivity contribution in [2.75, 3.05) is 0 Å². The van der Waals surface area contributed by atoms with Gasteiger partial charge in [-0.05, 0) is 19.3 Å². The SMILES string of the molecule is CC1(C)NC(=O)C(C(C)(C)C)NC1=O. The fourth-order valence-corrected chi connectivity index (χ4v) is 1.42. The molecular formula is C10H18N2O2. The van der Waals surface area contributed by atoms with Crippen LogP contribution in [-0.4, -0.2) is 23.4 Å². The summed E-state index contributed by atoms with van der Waals surface area (Å²) >= 11 is 0. The lowest BCUT2D eigenvalue weighted by Crippen LogP contribution is -2.69. The Balaban J connectivity index is 2.88. The lowest BCUT2D eigenvalue weighted by atomic mass is 9.83. The number of carbonyl (C=O) groups is 2. The lowest BCUT2D eigenvalue weighted by molar-refractivity contribution is -0.142. The molecule has 2 amide bonds. The molecule has 0 aromatic heterocycles. The number of piperazine rings is 1. The van der Waals surface area contributed by atoms with E-state index in [0.29, 0.717) is 0 Å². The summed E-state index contributed by atoms with van der Waals surface area (Å²) in [6, 6.07) is -0.442. The van der Waals surface area contributed by atoms with Crippen molar-refractivity contribution in [3.63, 3.8) is 0 Å². The second kappa shape index (κ2) is 2.97. The van der Waals surface area contributed by atoms with Crippen molar-refractivity contribution < 1.29 is 9.59 Å². The minimum atomic E-state index is -0.793. The van der Waals surface area contributed by atoms with E-state index in [0.717, 1.165) is 0 Å². The largest absolute Gasteiger partial charge is 0.342 e.